The van der Waals surface area contributed by atoms with Gasteiger partial charge in [0.15, 0.2) is 4.34 Å². The van der Waals surface area contributed by atoms with Gasteiger partial charge in [-0.25, -0.2) is 9.78 Å². The average Bonchev–Trinajstić information content (AvgIpc) is 3.02. The minimum Gasteiger partial charge on any atom is -0.466 e. The second-order valence-electron chi connectivity index (χ2n) is 6.27. The van der Waals surface area contributed by atoms with Gasteiger partial charge in [-0.1, -0.05) is 31.5 Å². The maximum atomic E-state index is 11.9. The number of ether oxygens (including phenoxy) is 1. The summed E-state index contributed by atoms with van der Waals surface area (Å²) < 4.78 is 5.56. The molecule has 0 aliphatic heterocycles. The number of hydrogen-bond donors (Lipinski definition) is 2. The van der Waals surface area contributed by atoms with Gasteiger partial charge in [-0.15, -0.1) is 11.3 Å². The molecule has 0 unspecified atom stereocenters. The van der Waals surface area contributed by atoms with E-state index in [0.717, 1.165) is 19.3 Å². The molecule has 144 valence electrons. The summed E-state index contributed by atoms with van der Waals surface area (Å²) in [5, 5.41) is 7.03. The fourth-order valence-electron chi connectivity index (χ4n) is 2.82. The number of amides is 3. The van der Waals surface area contributed by atoms with Gasteiger partial charge in [0.2, 0.25) is 5.91 Å². The summed E-state index contributed by atoms with van der Waals surface area (Å²) in [6.45, 7) is 4.22. The summed E-state index contributed by atoms with van der Waals surface area (Å²) in [6, 6.07) is -0.301. The van der Waals surface area contributed by atoms with Crippen LogP contribution in [0.25, 0.3) is 0 Å². The van der Waals surface area contributed by atoms with Crippen LogP contribution in [0.5, 0.6) is 0 Å². The molecule has 0 saturated heterocycles. The van der Waals surface area contributed by atoms with E-state index in [1.807, 2.05) is 0 Å². The number of carbonyl (C=O) groups is 3. The minimum absolute atomic E-state index is 0.0972. The summed E-state index contributed by atoms with van der Waals surface area (Å²) in [7, 11) is 0. The van der Waals surface area contributed by atoms with Gasteiger partial charge in [-0.05, 0) is 25.7 Å². The first-order valence-corrected chi connectivity index (χ1v) is 10.7. The Morgan fingerprint density at radius 2 is 2.12 bits per heavy atom. The van der Waals surface area contributed by atoms with Gasteiger partial charge in [-0.3, -0.25) is 14.9 Å². The molecule has 7 nitrogen and oxygen atoms in total. The van der Waals surface area contributed by atoms with Crippen LogP contribution in [0.4, 0.5) is 4.79 Å². The lowest BCUT2D eigenvalue weighted by molar-refractivity contribution is -0.142. The number of urea groups is 1. The molecule has 1 saturated carbocycles. The SMILES string of the molecule is CCOC(=O)Cc1csc(SCC(=O)NC(=O)N[C@H]2CCCC[C@@H]2C)n1. The number of thioether (sulfide) groups is 1. The van der Waals surface area contributed by atoms with Gasteiger partial charge in [0, 0.05) is 11.4 Å². The molecule has 0 aromatic carbocycles. The largest absolute Gasteiger partial charge is 0.466 e. The Hall–Kier alpha value is -1.61. The summed E-state index contributed by atoms with van der Waals surface area (Å²) in [6.07, 6.45) is 4.49. The number of carbonyl (C=O) groups excluding carboxylic acids is 3. The number of rotatable bonds is 7. The van der Waals surface area contributed by atoms with Crippen molar-refractivity contribution in [3.05, 3.63) is 11.1 Å². The van der Waals surface area contributed by atoms with E-state index in [-0.39, 0.29) is 30.1 Å². The van der Waals surface area contributed by atoms with Crippen molar-refractivity contribution in [3.63, 3.8) is 0 Å². The Labute approximate surface area is 161 Å². The molecule has 1 aromatic rings. The van der Waals surface area contributed by atoms with Crippen LogP contribution in [0, 0.1) is 5.92 Å². The van der Waals surface area contributed by atoms with E-state index >= 15 is 0 Å². The zero-order valence-electron chi connectivity index (χ0n) is 15.1. The Morgan fingerprint density at radius 1 is 1.35 bits per heavy atom. The van der Waals surface area contributed by atoms with E-state index in [1.165, 1.54) is 29.5 Å². The van der Waals surface area contributed by atoms with Crippen LogP contribution in [-0.4, -0.2) is 41.3 Å². The molecule has 0 bridgehead atoms. The molecule has 1 aromatic heterocycles. The molecule has 1 heterocycles. The van der Waals surface area contributed by atoms with Crippen LogP contribution in [0.3, 0.4) is 0 Å². The Morgan fingerprint density at radius 3 is 2.85 bits per heavy atom. The maximum Gasteiger partial charge on any atom is 0.321 e. The first-order valence-electron chi connectivity index (χ1n) is 8.81. The molecule has 1 aliphatic carbocycles. The van der Waals surface area contributed by atoms with Crippen LogP contribution in [-0.2, 0) is 20.7 Å². The van der Waals surface area contributed by atoms with Gasteiger partial charge in [0.1, 0.15) is 0 Å². The predicted octanol–water partition coefficient (Wildman–Crippen LogP) is 2.75. The third-order valence-electron chi connectivity index (χ3n) is 4.17. The van der Waals surface area contributed by atoms with E-state index in [4.69, 9.17) is 4.74 Å². The first kappa shape index (κ1) is 20.7. The molecular weight excluding hydrogens is 374 g/mol. The highest BCUT2D eigenvalue weighted by Crippen LogP contribution is 2.24. The van der Waals surface area contributed by atoms with Crippen molar-refractivity contribution in [2.24, 2.45) is 5.92 Å². The second-order valence-corrected chi connectivity index (χ2v) is 8.35. The van der Waals surface area contributed by atoms with Crippen molar-refractivity contribution < 1.29 is 19.1 Å². The van der Waals surface area contributed by atoms with Gasteiger partial charge < -0.3 is 10.1 Å². The predicted molar refractivity (Wildman–Crippen MR) is 101 cm³/mol. The summed E-state index contributed by atoms with van der Waals surface area (Å²) in [4.78, 5) is 39.6. The normalized spacial score (nSPS) is 19.6. The highest BCUT2D eigenvalue weighted by molar-refractivity contribution is 8.01. The number of thiazole rings is 1. The first-order chi connectivity index (χ1) is 12.5. The molecule has 0 spiro atoms. The summed E-state index contributed by atoms with van der Waals surface area (Å²) in [5.74, 6) is -0.147. The number of imide groups is 1. The van der Waals surface area contributed by atoms with Gasteiger partial charge in [0.05, 0.1) is 24.5 Å². The zero-order valence-corrected chi connectivity index (χ0v) is 16.7. The van der Waals surface area contributed by atoms with Crippen LogP contribution >= 0.6 is 23.1 Å². The smallest absolute Gasteiger partial charge is 0.321 e. The lowest BCUT2D eigenvalue weighted by atomic mass is 9.86. The number of hydrogen-bond acceptors (Lipinski definition) is 7. The number of aromatic nitrogens is 1. The standard InChI is InChI=1S/C17H25N3O4S2/c1-3-24-15(22)8-12-9-25-17(18-12)26-10-14(21)20-16(23)19-13-7-5-4-6-11(13)2/h9,11,13H,3-8,10H2,1-2H3,(H2,19,20,21,23)/t11-,13-/m0/s1. The molecule has 0 radical (unpaired) electrons. The van der Waals surface area contributed by atoms with Crippen molar-refractivity contribution in [2.75, 3.05) is 12.4 Å². The molecule has 9 heteroatoms. The second kappa shape index (κ2) is 10.5. The summed E-state index contributed by atoms with van der Waals surface area (Å²) in [5.41, 5.74) is 0.625. The molecule has 2 N–H and O–H groups in total. The third-order valence-corrected chi connectivity index (χ3v) is 6.24. The van der Waals surface area contributed by atoms with E-state index < -0.39 is 6.03 Å². The number of esters is 1. The number of nitrogens with one attached hydrogen (secondary N) is 2. The van der Waals surface area contributed by atoms with Crippen molar-refractivity contribution >= 4 is 41.0 Å². The Kier molecular flexibility index (Phi) is 8.37. The monoisotopic (exact) mass is 399 g/mol. The fraction of sp³-hybridized carbons (Fsp3) is 0.647. The average molecular weight is 400 g/mol. The topological polar surface area (TPSA) is 97.4 Å². The Bertz CT molecular complexity index is 635. The van der Waals surface area contributed by atoms with Crippen LogP contribution in [0.15, 0.2) is 9.72 Å². The van der Waals surface area contributed by atoms with E-state index in [1.54, 1.807) is 12.3 Å². The minimum atomic E-state index is -0.434. The lowest BCUT2D eigenvalue weighted by Crippen LogP contribution is -2.48. The molecule has 3 amide bonds. The van der Waals surface area contributed by atoms with Crippen LogP contribution in [0.2, 0.25) is 0 Å². The van der Waals surface area contributed by atoms with Crippen LogP contribution in [0.1, 0.15) is 45.2 Å². The van der Waals surface area contributed by atoms with Crippen molar-refractivity contribution in [3.8, 4) is 0 Å². The summed E-state index contributed by atoms with van der Waals surface area (Å²) >= 11 is 2.60. The van der Waals surface area contributed by atoms with Crippen molar-refractivity contribution in [2.45, 2.75) is 56.3 Å². The van der Waals surface area contributed by atoms with Gasteiger partial charge in [0.25, 0.3) is 0 Å². The van der Waals surface area contributed by atoms with Crippen molar-refractivity contribution in [1.29, 1.82) is 0 Å². The van der Waals surface area contributed by atoms with Gasteiger partial charge >= 0.3 is 12.0 Å². The molecular formula is C17H25N3O4S2. The van der Waals surface area contributed by atoms with Crippen LogP contribution < -0.4 is 10.6 Å². The Balaban J connectivity index is 1.70. The number of nitrogens with zero attached hydrogens (tertiary/aromatic N) is 1. The molecule has 1 fully saturated rings. The maximum absolute atomic E-state index is 11.9. The van der Waals surface area contributed by atoms with E-state index in [0.29, 0.717) is 22.6 Å². The quantitative estimate of drug-likeness (QED) is 0.540. The van der Waals surface area contributed by atoms with Crippen molar-refractivity contribution in [1.82, 2.24) is 15.6 Å². The fourth-order valence-corrected chi connectivity index (χ4v) is 4.47. The third kappa shape index (κ3) is 6.95. The van der Waals surface area contributed by atoms with E-state index in [9.17, 15) is 14.4 Å². The molecule has 2 atom stereocenters. The molecule has 1 aliphatic rings. The lowest BCUT2D eigenvalue weighted by Gasteiger charge is -2.29. The highest BCUT2D eigenvalue weighted by atomic mass is 32.2. The highest BCUT2D eigenvalue weighted by Gasteiger charge is 2.23. The molecule has 2 rings (SSSR count). The zero-order chi connectivity index (χ0) is 18.9. The van der Waals surface area contributed by atoms with Gasteiger partial charge in [-0.2, -0.15) is 0 Å². The van der Waals surface area contributed by atoms with E-state index in [2.05, 4.69) is 22.5 Å². The molecule has 26 heavy (non-hydrogen) atoms.